The molecule has 2 aliphatic rings. The molecule has 0 bridgehead atoms. The molecule has 0 aromatic heterocycles. The first-order valence-electron chi connectivity index (χ1n) is 13.9. The quantitative estimate of drug-likeness (QED) is 0.213. The molecule has 208 valence electrons. The van der Waals surface area contributed by atoms with Crippen LogP contribution < -0.4 is 21.7 Å². The molecular weight excluding hydrogens is 502 g/mol. The lowest BCUT2D eigenvalue weighted by Crippen LogP contribution is -2.42. The molecule has 40 heavy (non-hydrogen) atoms. The third-order valence-corrected chi connectivity index (χ3v) is 7.28. The molecule has 1 aliphatic heterocycles. The highest BCUT2D eigenvalue weighted by molar-refractivity contribution is 6.03. The maximum atomic E-state index is 13.4. The van der Waals surface area contributed by atoms with E-state index in [0.717, 1.165) is 49.7 Å². The number of nitrogens with one attached hydrogen (secondary N) is 3. The molecule has 1 saturated carbocycles. The summed E-state index contributed by atoms with van der Waals surface area (Å²) in [5, 5.41) is 9.33. The van der Waals surface area contributed by atoms with E-state index in [4.69, 9.17) is 10.5 Å². The van der Waals surface area contributed by atoms with Crippen molar-refractivity contribution in [2.45, 2.75) is 24.8 Å². The molecule has 5 rings (SSSR count). The van der Waals surface area contributed by atoms with Crippen LogP contribution in [0.2, 0.25) is 0 Å². The summed E-state index contributed by atoms with van der Waals surface area (Å²) in [6.07, 6.45) is 5.70. The molecule has 3 aromatic carbocycles. The number of benzene rings is 3. The van der Waals surface area contributed by atoms with Gasteiger partial charge in [0.2, 0.25) is 11.8 Å². The molecule has 3 aromatic rings. The first-order chi connectivity index (χ1) is 19.5. The van der Waals surface area contributed by atoms with E-state index in [2.05, 4.69) is 33.0 Å². The molecule has 2 fully saturated rings. The standard InChI is InChI=1S/C32H37N5O3/c33-28-3-1-2-4-29(28)36-30(38)16-7-23-5-8-26(9-6-23)31(34-17-18-37-19-21-40-22-20-37)32(39)35-27-14-12-25(13-15-27)24-10-11-24/h1-9,12-16,24,31,34H,10-11,17-22,33H2,(H,35,39)(H,36,38). The second-order valence-corrected chi connectivity index (χ2v) is 10.3. The van der Waals surface area contributed by atoms with Crippen molar-refractivity contribution in [1.29, 1.82) is 0 Å². The highest BCUT2D eigenvalue weighted by Crippen LogP contribution is 2.40. The summed E-state index contributed by atoms with van der Waals surface area (Å²) >= 11 is 0. The highest BCUT2D eigenvalue weighted by atomic mass is 16.5. The van der Waals surface area contributed by atoms with E-state index in [1.165, 1.54) is 24.5 Å². The Morgan fingerprint density at radius 3 is 2.38 bits per heavy atom. The Hall–Kier alpha value is -3.98. The molecule has 1 unspecified atom stereocenters. The third-order valence-electron chi connectivity index (χ3n) is 7.28. The zero-order chi connectivity index (χ0) is 27.7. The van der Waals surface area contributed by atoms with Gasteiger partial charge in [0.05, 0.1) is 24.6 Å². The Balaban J connectivity index is 1.23. The van der Waals surface area contributed by atoms with Gasteiger partial charge in [-0.15, -0.1) is 0 Å². The van der Waals surface area contributed by atoms with Gasteiger partial charge in [-0.1, -0.05) is 48.5 Å². The molecule has 5 N–H and O–H groups in total. The van der Waals surface area contributed by atoms with Gasteiger partial charge in [-0.3, -0.25) is 14.5 Å². The number of rotatable bonds is 11. The minimum absolute atomic E-state index is 0.107. The van der Waals surface area contributed by atoms with Crippen LogP contribution in [-0.2, 0) is 14.3 Å². The van der Waals surface area contributed by atoms with Crippen molar-refractivity contribution in [2.75, 3.05) is 55.8 Å². The predicted octanol–water partition coefficient (Wildman–Crippen LogP) is 4.40. The number of nitrogens with two attached hydrogens (primary N) is 1. The number of carbonyl (C=O) groups excluding carboxylic acids is 2. The Morgan fingerprint density at radius 1 is 0.950 bits per heavy atom. The minimum atomic E-state index is -0.522. The summed E-state index contributed by atoms with van der Waals surface area (Å²) in [6.45, 7) is 4.79. The molecule has 8 nitrogen and oxygen atoms in total. The second-order valence-electron chi connectivity index (χ2n) is 10.3. The summed E-state index contributed by atoms with van der Waals surface area (Å²) in [4.78, 5) is 28.1. The topological polar surface area (TPSA) is 109 Å². The van der Waals surface area contributed by atoms with Crippen molar-refractivity contribution in [2.24, 2.45) is 0 Å². The van der Waals surface area contributed by atoms with Crippen molar-refractivity contribution in [3.8, 4) is 0 Å². The van der Waals surface area contributed by atoms with Crippen molar-refractivity contribution >= 4 is 35.0 Å². The lowest BCUT2D eigenvalue weighted by atomic mass is 10.0. The number of para-hydroxylation sites is 2. The second kappa shape index (κ2) is 13.4. The van der Waals surface area contributed by atoms with Gasteiger partial charge in [-0.25, -0.2) is 0 Å². The van der Waals surface area contributed by atoms with Crippen LogP contribution in [0.25, 0.3) is 6.08 Å². The Labute approximate surface area is 235 Å². The van der Waals surface area contributed by atoms with Crippen LogP contribution in [0.3, 0.4) is 0 Å². The van der Waals surface area contributed by atoms with Crippen molar-refractivity contribution < 1.29 is 14.3 Å². The summed E-state index contributed by atoms with van der Waals surface area (Å²) < 4.78 is 5.45. The Kier molecular flexibility index (Phi) is 9.23. The smallest absolute Gasteiger partial charge is 0.248 e. The molecule has 2 amide bonds. The summed E-state index contributed by atoms with van der Waals surface area (Å²) in [6, 6.07) is 22.5. The van der Waals surface area contributed by atoms with Gasteiger partial charge in [-0.05, 0) is 65.8 Å². The van der Waals surface area contributed by atoms with Gasteiger partial charge in [0.25, 0.3) is 0 Å². The maximum absolute atomic E-state index is 13.4. The van der Waals surface area contributed by atoms with Gasteiger partial charge in [0, 0.05) is 37.9 Å². The van der Waals surface area contributed by atoms with Gasteiger partial charge < -0.3 is 26.4 Å². The van der Waals surface area contributed by atoms with Gasteiger partial charge in [-0.2, -0.15) is 0 Å². The molecule has 1 aliphatic carbocycles. The van der Waals surface area contributed by atoms with Crippen molar-refractivity contribution in [3.05, 3.63) is 95.6 Å². The Bertz CT molecular complexity index is 1310. The molecule has 1 saturated heterocycles. The largest absolute Gasteiger partial charge is 0.397 e. The van der Waals surface area contributed by atoms with Crippen LogP contribution in [0.1, 0.15) is 41.5 Å². The number of morpholine rings is 1. The summed E-state index contributed by atoms with van der Waals surface area (Å²) in [7, 11) is 0. The van der Waals surface area contributed by atoms with Crippen LogP contribution in [0.4, 0.5) is 17.1 Å². The fraction of sp³-hybridized carbons (Fsp3) is 0.312. The maximum Gasteiger partial charge on any atom is 0.248 e. The molecule has 0 spiro atoms. The first-order valence-corrected chi connectivity index (χ1v) is 13.9. The number of hydrogen-bond acceptors (Lipinski definition) is 6. The van der Waals surface area contributed by atoms with Crippen LogP contribution in [0, 0.1) is 0 Å². The lowest BCUT2D eigenvalue weighted by Gasteiger charge is -2.27. The van der Waals surface area contributed by atoms with Crippen molar-refractivity contribution in [1.82, 2.24) is 10.2 Å². The normalized spacial score (nSPS) is 16.5. The number of anilines is 3. The predicted molar refractivity (Wildman–Crippen MR) is 160 cm³/mol. The molecule has 1 atom stereocenters. The number of hydrogen-bond donors (Lipinski definition) is 4. The molecular formula is C32H37N5O3. The first kappa shape index (κ1) is 27.6. The van der Waals surface area contributed by atoms with Crippen LogP contribution >= 0.6 is 0 Å². The fourth-order valence-electron chi connectivity index (χ4n) is 4.78. The monoisotopic (exact) mass is 539 g/mol. The van der Waals surface area contributed by atoms with E-state index < -0.39 is 6.04 Å². The molecule has 1 heterocycles. The van der Waals surface area contributed by atoms with E-state index >= 15 is 0 Å². The Morgan fingerprint density at radius 2 is 1.68 bits per heavy atom. The average Bonchev–Trinajstić information content (AvgIpc) is 3.83. The summed E-state index contributed by atoms with van der Waals surface area (Å²) in [5.74, 6) is 0.301. The van der Waals surface area contributed by atoms with Gasteiger partial charge in [0.15, 0.2) is 0 Å². The van der Waals surface area contributed by atoms with Gasteiger partial charge in [0.1, 0.15) is 6.04 Å². The number of carbonyl (C=O) groups is 2. The minimum Gasteiger partial charge on any atom is -0.397 e. The van der Waals surface area contributed by atoms with E-state index in [9.17, 15) is 9.59 Å². The number of amides is 2. The highest BCUT2D eigenvalue weighted by Gasteiger charge is 2.24. The third kappa shape index (κ3) is 7.79. The van der Waals surface area contributed by atoms with Gasteiger partial charge >= 0.3 is 0 Å². The molecule has 8 heteroatoms. The SMILES string of the molecule is Nc1ccccc1NC(=O)C=Cc1ccc(C(NCCN2CCOCC2)C(=O)Nc2ccc(C3CC3)cc2)cc1. The lowest BCUT2D eigenvalue weighted by molar-refractivity contribution is -0.118. The number of nitrogens with zero attached hydrogens (tertiary/aromatic N) is 1. The van der Waals surface area contributed by atoms with E-state index in [1.54, 1.807) is 18.2 Å². The molecule has 0 radical (unpaired) electrons. The van der Waals surface area contributed by atoms with Crippen molar-refractivity contribution in [3.63, 3.8) is 0 Å². The zero-order valence-electron chi connectivity index (χ0n) is 22.6. The summed E-state index contributed by atoms with van der Waals surface area (Å²) in [5.41, 5.74) is 10.8. The number of nitrogen functional groups attached to an aromatic ring is 1. The van der Waals surface area contributed by atoms with Crippen LogP contribution in [0.5, 0.6) is 0 Å². The van der Waals surface area contributed by atoms with E-state index in [0.29, 0.717) is 23.8 Å². The zero-order valence-corrected chi connectivity index (χ0v) is 22.6. The fourth-order valence-corrected chi connectivity index (χ4v) is 4.78. The number of ether oxygens (including phenoxy) is 1. The van der Waals surface area contributed by atoms with E-state index in [1.807, 2.05) is 48.5 Å². The van der Waals surface area contributed by atoms with Crippen LogP contribution in [0.15, 0.2) is 78.9 Å². The van der Waals surface area contributed by atoms with E-state index in [-0.39, 0.29) is 11.8 Å². The van der Waals surface area contributed by atoms with Crippen LogP contribution in [-0.4, -0.2) is 56.1 Å². The average molecular weight is 540 g/mol.